The van der Waals surface area contributed by atoms with Gasteiger partial charge in [-0.15, -0.1) is 0 Å². The lowest BCUT2D eigenvalue weighted by molar-refractivity contribution is -0.00681. The molecule has 1 aliphatic heterocycles. The second-order valence-corrected chi connectivity index (χ2v) is 6.70. The number of carbonyl (C=O) groups is 1. The van der Waals surface area contributed by atoms with Crippen molar-refractivity contribution in [3.63, 3.8) is 0 Å². The molecule has 1 atom stereocenters. The van der Waals surface area contributed by atoms with Gasteiger partial charge in [-0.05, 0) is 48.7 Å². The van der Waals surface area contributed by atoms with Crippen molar-refractivity contribution >= 4 is 5.91 Å². The number of aromatic nitrogens is 3. The van der Waals surface area contributed by atoms with Crippen LogP contribution in [0, 0.1) is 0 Å². The zero-order chi connectivity index (χ0) is 18.5. The van der Waals surface area contributed by atoms with E-state index in [2.05, 4.69) is 9.97 Å². The Bertz CT molecular complexity index is 863. The number of likely N-dealkylation sites (tertiary alicyclic amines) is 1. The van der Waals surface area contributed by atoms with Gasteiger partial charge in [0.05, 0.1) is 19.0 Å². The van der Waals surface area contributed by atoms with Gasteiger partial charge >= 0.3 is 0 Å². The van der Waals surface area contributed by atoms with E-state index in [0.29, 0.717) is 18.7 Å². The third-order valence-electron chi connectivity index (χ3n) is 4.79. The molecule has 6 heteroatoms. The summed E-state index contributed by atoms with van der Waals surface area (Å²) in [5.41, 5.74) is 2.74. The molecule has 3 heterocycles. The summed E-state index contributed by atoms with van der Waals surface area (Å²) in [6.07, 6.45) is 10.9. The monoisotopic (exact) mass is 362 g/mol. The molecule has 1 aromatic carbocycles. The lowest BCUT2D eigenvalue weighted by Gasteiger charge is -2.32. The minimum atomic E-state index is 0.0573. The smallest absolute Gasteiger partial charge is 0.253 e. The van der Waals surface area contributed by atoms with Crippen LogP contribution in [0.3, 0.4) is 0 Å². The highest BCUT2D eigenvalue weighted by molar-refractivity contribution is 5.94. The van der Waals surface area contributed by atoms with Gasteiger partial charge in [-0.3, -0.25) is 9.78 Å². The van der Waals surface area contributed by atoms with Crippen LogP contribution < -0.4 is 0 Å². The Kier molecular flexibility index (Phi) is 5.25. The predicted molar refractivity (Wildman–Crippen MR) is 102 cm³/mol. The SMILES string of the molecule is O=C(c1ccc(-n2ccnc2)cc1)N1CCC[C@H](OCc2cccnc2)C1. The number of ether oxygens (including phenoxy) is 1. The maximum Gasteiger partial charge on any atom is 0.253 e. The molecule has 27 heavy (non-hydrogen) atoms. The molecule has 1 fully saturated rings. The summed E-state index contributed by atoms with van der Waals surface area (Å²) in [6.45, 7) is 1.93. The second-order valence-electron chi connectivity index (χ2n) is 6.70. The van der Waals surface area contributed by atoms with Gasteiger partial charge in [0.15, 0.2) is 0 Å². The summed E-state index contributed by atoms with van der Waals surface area (Å²) in [7, 11) is 0. The fourth-order valence-corrected chi connectivity index (χ4v) is 3.33. The molecule has 2 aromatic heterocycles. The largest absolute Gasteiger partial charge is 0.372 e. The average molecular weight is 362 g/mol. The Morgan fingerprint density at radius 2 is 2.04 bits per heavy atom. The van der Waals surface area contributed by atoms with Crippen LogP contribution in [0.1, 0.15) is 28.8 Å². The lowest BCUT2D eigenvalue weighted by atomic mass is 10.1. The van der Waals surface area contributed by atoms with Gasteiger partial charge in [0.2, 0.25) is 0 Å². The number of pyridine rings is 1. The highest BCUT2D eigenvalue weighted by atomic mass is 16.5. The zero-order valence-corrected chi connectivity index (χ0v) is 15.1. The first-order chi connectivity index (χ1) is 13.3. The van der Waals surface area contributed by atoms with E-state index in [0.717, 1.165) is 30.6 Å². The Labute approximate surface area is 158 Å². The summed E-state index contributed by atoms with van der Waals surface area (Å²) in [5, 5.41) is 0. The fourth-order valence-electron chi connectivity index (χ4n) is 3.33. The molecule has 1 amide bonds. The maximum atomic E-state index is 12.9. The third-order valence-corrected chi connectivity index (χ3v) is 4.79. The summed E-state index contributed by atoms with van der Waals surface area (Å²) in [4.78, 5) is 22.9. The van der Waals surface area contributed by atoms with Crippen molar-refractivity contribution in [2.45, 2.75) is 25.6 Å². The number of hydrogen-bond donors (Lipinski definition) is 0. The van der Waals surface area contributed by atoms with E-state index in [1.54, 1.807) is 18.7 Å². The first-order valence-electron chi connectivity index (χ1n) is 9.18. The number of amides is 1. The molecule has 0 bridgehead atoms. The standard InChI is InChI=1S/C21H22N4O2/c26-21(18-5-7-19(8-6-18)25-12-10-23-16-25)24-11-2-4-20(14-24)27-15-17-3-1-9-22-13-17/h1,3,5-10,12-13,16,20H,2,4,11,14-15H2/t20-/m0/s1. The van der Waals surface area contributed by atoms with Crippen LogP contribution in [0.2, 0.25) is 0 Å². The van der Waals surface area contributed by atoms with E-state index in [-0.39, 0.29) is 12.0 Å². The van der Waals surface area contributed by atoms with Crippen LogP contribution in [-0.4, -0.2) is 44.5 Å². The molecule has 4 rings (SSSR count). The Morgan fingerprint density at radius 1 is 1.15 bits per heavy atom. The third kappa shape index (κ3) is 4.23. The molecule has 0 unspecified atom stereocenters. The lowest BCUT2D eigenvalue weighted by Crippen LogP contribution is -2.43. The van der Waals surface area contributed by atoms with Crippen LogP contribution in [0.4, 0.5) is 0 Å². The van der Waals surface area contributed by atoms with Crippen LogP contribution in [-0.2, 0) is 11.3 Å². The maximum absolute atomic E-state index is 12.9. The molecule has 0 N–H and O–H groups in total. The highest BCUT2D eigenvalue weighted by Crippen LogP contribution is 2.18. The molecule has 1 saturated heterocycles. The van der Waals surface area contributed by atoms with Gasteiger partial charge in [0.25, 0.3) is 5.91 Å². The van der Waals surface area contributed by atoms with Gasteiger partial charge in [0.1, 0.15) is 0 Å². The number of rotatable bonds is 5. The molecule has 3 aromatic rings. The molecule has 0 spiro atoms. The minimum absolute atomic E-state index is 0.0573. The number of benzene rings is 1. The van der Waals surface area contributed by atoms with E-state index in [1.165, 1.54) is 0 Å². The normalized spacial score (nSPS) is 17.0. The number of piperidine rings is 1. The van der Waals surface area contributed by atoms with E-state index in [4.69, 9.17) is 4.74 Å². The summed E-state index contributed by atoms with van der Waals surface area (Å²) < 4.78 is 7.92. The van der Waals surface area contributed by atoms with E-state index in [9.17, 15) is 4.79 Å². The topological polar surface area (TPSA) is 60.2 Å². The molecule has 6 nitrogen and oxygen atoms in total. The van der Waals surface area contributed by atoms with Crippen LogP contribution in [0.25, 0.3) is 5.69 Å². The molecule has 138 valence electrons. The van der Waals surface area contributed by atoms with E-state index >= 15 is 0 Å². The first-order valence-corrected chi connectivity index (χ1v) is 9.18. The van der Waals surface area contributed by atoms with E-state index < -0.39 is 0 Å². The summed E-state index contributed by atoms with van der Waals surface area (Å²) in [6, 6.07) is 11.5. The van der Waals surface area contributed by atoms with Crippen LogP contribution in [0.15, 0.2) is 67.5 Å². The number of carbonyl (C=O) groups excluding carboxylic acids is 1. The molecular weight excluding hydrogens is 340 g/mol. The highest BCUT2D eigenvalue weighted by Gasteiger charge is 2.25. The van der Waals surface area contributed by atoms with Gasteiger partial charge in [0, 0.05) is 49.1 Å². The molecule has 0 radical (unpaired) electrons. The van der Waals surface area contributed by atoms with Gasteiger partial charge in [-0.1, -0.05) is 6.07 Å². The number of imidazole rings is 1. The molecule has 0 aliphatic carbocycles. The fraction of sp³-hybridized carbons (Fsp3) is 0.286. The van der Waals surface area contributed by atoms with Crippen molar-refractivity contribution in [3.8, 4) is 5.69 Å². The number of hydrogen-bond acceptors (Lipinski definition) is 4. The zero-order valence-electron chi connectivity index (χ0n) is 15.1. The summed E-state index contributed by atoms with van der Waals surface area (Å²) in [5.74, 6) is 0.0573. The van der Waals surface area contributed by atoms with Crippen molar-refractivity contribution in [1.82, 2.24) is 19.4 Å². The number of nitrogens with zero attached hydrogens (tertiary/aromatic N) is 4. The van der Waals surface area contributed by atoms with Crippen molar-refractivity contribution in [1.29, 1.82) is 0 Å². The predicted octanol–water partition coefficient (Wildman–Crippen LogP) is 3.09. The van der Waals surface area contributed by atoms with Gasteiger partial charge in [-0.2, -0.15) is 0 Å². The first kappa shape index (κ1) is 17.4. The Morgan fingerprint density at radius 3 is 2.78 bits per heavy atom. The van der Waals surface area contributed by atoms with Crippen molar-refractivity contribution in [2.75, 3.05) is 13.1 Å². The quantitative estimate of drug-likeness (QED) is 0.700. The Balaban J connectivity index is 1.36. The van der Waals surface area contributed by atoms with Crippen molar-refractivity contribution in [2.24, 2.45) is 0 Å². The average Bonchev–Trinajstić information content (AvgIpc) is 3.28. The second kappa shape index (κ2) is 8.14. The van der Waals surface area contributed by atoms with Crippen molar-refractivity contribution in [3.05, 3.63) is 78.6 Å². The van der Waals surface area contributed by atoms with Crippen LogP contribution >= 0.6 is 0 Å². The van der Waals surface area contributed by atoms with Crippen molar-refractivity contribution < 1.29 is 9.53 Å². The van der Waals surface area contributed by atoms with Gasteiger partial charge < -0.3 is 14.2 Å². The Hall–Kier alpha value is -2.99. The summed E-state index contributed by atoms with van der Waals surface area (Å²) >= 11 is 0. The molecular formula is C21H22N4O2. The van der Waals surface area contributed by atoms with Gasteiger partial charge in [-0.25, -0.2) is 4.98 Å². The minimum Gasteiger partial charge on any atom is -0.372 e. The molecule has 0 saturated carbocycles. The molecule has 1 aliphatic rings. The van der Waals surface area contributed by atoms with Crippen LogP contribution in [0.5, 0.6) is 0 Å². The van der Waals surface area contributed by atoms with E-state index in [1.807, 2.05) is 58.3 Å².